The second-order valence-electron chi connectivity index (χ2n) is 5.95. The number of rotatable bonds is 4. The van der Waals surface area contributed by atoms with Gasteiger partial charge in [-0.25, -0.2) is 9.78 Å². The maximum Gasteiger partial charge on any atom is 0.317 e. The Hall–Kier alpha value is -1.14. The zero-order valence-corrected chi connectivity index (χ0v) is 13.8. The Labute approximate surface area is 130 Å². The summed E-state index contributed by atoms with van der Waals surface area (Å²) in [6.45, 7) is 4.25. The SMILES string of the molecule is Cc1cnc(C(C)NC(=O)N(C)C2CCC(CO)CC2)s1. The third kappa shape index (κ3) is 4.17. The summed E-state index contributed by atoms with van der Waals surface area (Å²) in [6.07, 6.45) is 5.78. The molecule has 21 heavy (non-hydrogen) atoms. The smallest absolute Gasteiger partial charge is 0.317 e. The number of aliphatic hydroxyl groups excluding tert-OH is 1. The first-order chi connectivity index (χ1) is 10.0. The molecule has 1 unspecified atom stereocenters. The Bertz CT molecular complexity index is 469. The molecular formula is C15H25N3O2S. The molecule has 1 aliphatic rings. The topological polar surface area (TPSA) is 65.5 Å². The van der Waals surface area contributed by atoms with Gasteiger partial charge in [0.1, 0.15) is 5.01 Å². The van der Waals surface area contributed by atoms with E-state index in [1.54, 1.807) is 11.3 Å². The molecule has 5 nitrogen and oxygen atoms in total. The van der Waals surface area contributed by atoms with Gasteiger partial charge in [0.2, 0.25) is 0 Å². The van der Waals surface area contributed by atoms with Gasteiger partial charge in [0.05, 0.1) is 6.04 Å². The van der Waals surface area contributed by atoms with Crippen molar-refractivity contribution in [2.24, 2.45) is 5.92 Å². The maximum absolute atomic E-state index is 12.3. The fourth-order valence-electron chi connectivity index (χ4n) is 2.80. The number of amides is 2. The number of thiazole rings is 1. The number of aliphatic hydroxyl groups is 1. The van der Waals surface area contributed by atoms with Gasteiger partial charge in [-0.3, -0.25) is 0 Å². The summed E-state index contributed by atoms with van der Waals surface area (Å²) in [5, 5.41) is 13.1. The van der Waals surface area contributed by atoms with Crippen LogP contribution in [0.4, 0.5) is 4.79 Å². The molecule has 0 aromatic carbocycles. The summed E-state index contributed by atoms with van der Waals surface area (Å²) in [6, 6.07) is 0.174. The van der Waals surface area contributed by atoms with Gasteiger partial charge in [-0.2, -0.15) is 0 Å². The van der Waals surface area contributed by atoms with Gasteiger partial charge in [0.15, 0.2) is 0 Å². The first-order valence-electron chi connectivity index (χ1n) is 7.57. The summed E-state index contributed by atoms with van der Waals surface area (Å²) in [4.78, 5) is 19.6. The van der Waals surface area contributed by atoms with Gasteiger partial charge < -0.3 is 15.3 Å². The average molecular weight is 311 g/mol. The minimum atomic E-state index is -0.0626. The summed E-state index contributed by atoms with van der Waals surface area (Å²) in [5.41, 5.74) is 0. The molecule has 6 heteroatoms. The Balaban J connectivity index is 1.85. The van der Waals surface area contributed by atoms with Gasteiger partial charge in [0.25, 0.3) is 0 Å². The normalized spacial score (nSPS) is 23.6. The Kier molecular flexibility index (Phi) is 5.58. The van der Waals surface area contributed by atoms with Crippen molar-refractivity contribution >= 4 is 17.4 Å². The lowest BCUT2D eigenvalue weighted by Gasteiger charge is -2.34. The number of hydrogen-bond acceptors (Lipinski definition) is 4. The number of nitrogens with one attached hydrogen (secondary N) is 1. The molecular weight excluding hydrogens is 286 g/mol. The predicted molar refractivity (Wildman–Crippen MR) is 84.4 cm³/mol. The highest BCUT2D eigenvalue weighted by molar-refractivity contribution is 7.11. The monoisotopic (exact) mass is 311 g/mol. The van der Waals surface area contributed by atoms with Crippen LogP contribution in [0.15, 0.2) is 6.20 Å². The first-order valence-corrected chi connectivity index (χ1v) is 8.39. The third-order valence-electron chi connectivity index (χ3n) is 4.29. The van der Waals surface area contributed by atoms with Crippen LogP contribution in [0.5, 0.6) is 0 Å². The lowest BCUT2D eigenvalue weighted by Crippen LogP contribution is -2.45. The zero-order valence-electron chi connectivity index (χ0n) is 13.0. The van der Waals surface area contributed by atoms with E-state index in [9.17, 15) is 9.90 Å². The predicted octanol–water partition coefficient (Wildman–Crippen LogP) is 2.71. The van der Waals surface area contributed by atoms with E-state index in [0.29, 0.717) is 5.92 Å². The fraction of sp³-hybridized carbons (Fsp3) is 0.733. The lowest BCUT2D eigenvalue weighted by molar-refractivity contribution is 0.133. The largest absolute Gasteiger partial charge is 0.396 e. The van der Waals surface area contributed by atoms with Crippen molar-refractivity contribution in [3.05, 3.63) is 16.1 Å². The van der Waals surface area contributed by atoms with Crippen LogP contribution >= 0.6 is 11.3 Å². The van der Waals surface area contributed by atoms with Gasteiger partial charge in [-0.05, 0) is 45.4 Å². The van der Waals surface area contributed by atoms with E-state index in [1.807, 2.05) is 32.0 Å². The molecule has 2 amide bonds. The average Bonchev–Trinajstić information content (AvgIpc) is 2.93. The molecule has 2 rings (SSSR count). The van der Waals surface area contributed by atoms with E-state index in [2.05, 4.69) is 10.3 Å². The number of urea groups is 1. The van der Waals surface area contributed by atoms with E-state index in [1.165, 1.54) is 0 Å². The Morgan fingerprint density at radius 3 is 2.71 bits per heavy atom. The molecule has 1 fully saturated rings. The van der Waals surface area contributed by atoms with Crippen molar-refractivity contribution in [2.75, 3.05) is 13.7 Å². The third-order valence-corrected chi connectivity index (χ3v) is 5.39. The number of carbonyl (C=O) groups is 1. The van der Waals surface area contributed by atoms with Crippen molar-refractivity contribution < 1.29 is 9.90 Å². The molecule has 1 aliphatic carbocycles. The molecule has 118 valence electrons. The number of carbonyl (C=O) groups excluding carboxylic acids is 1. The van der Waals surface area contributed by atoms with Crippen LogP contribution in [0.1, 0.15) is 48.5 Å². The van der Waals surface area contributed by atoms with Crippen LogP contribution in [-0.4, -0.2) is 40.7 Å². The van der Waals surface area contributed by atoms with Crippen molar-refractivity contribution in [3.8, 4) is 0 Å². The Morgan fingerprint density at radius 2 is 2.19 bits per heavy atom. The summed E-state index contributed by atoms with van der Waals surface area (Å²) in [5.74, 6) is 0.412. The number of nitrogens with zero attached hydrogens (tertiary/aromatic N) is 2. The number of hydrogen-bond donors (Lipinski definition) is 2. The highest BCUT2D eigenvalue weighted by Crippen LogP contribution is 2.27. The molecule has 1 aromatic rings. The van der Waals surface area contributed by atoms with Crippen LogP contribution in [0.3, 0.4) is 0 Å². The molecule has 0 radical (unpaired) electrons. The minimum absolute atomic E-state index is 0.0391. The van der Waals surface area contributed by atoms with Gasteiger partial charge in [-0.1, -0.05) is 0 Å². The molecule has 1 atom stereocenters. The zero-order chi connectivity index (χ0) is 15.4. The van der Waals surface area contributed by atoms with Crippen LogP contribution < -0.4 is 5.32 Å². The summed E-state index contributed by atoms with van der Waals surface area (Å²) in [7, 11) is 1.86. The molecule has 0 spiro atoms. The highest BCUT2D eigenvalue weighted by atomic mass is 32.1. The van der Waals surface area contributed by atoms with E-state index in [0.717, 1.165) is 35.6 Å². The highest BCUT2D eigenvalue weighted by Gasteiger charge is 2.27. The summed E-state index contributed by atoms with van der Waals surface area (Å²) >= 11 is 1.62. The quantitative estimate of drug-likeness (QED) is 0.898. The van der Waals surface area contributed by atoms with Crippen LogP contribution in [0, 0.1) is 12.8 Å². The second-order valence-corrected chi connectivity index (χ2v) is 7.21. The van der Waals surface area contributed by atoms with Crippen LogP contribution in [0.25, 0.3) is 0 Å². The van der Waals surface area contributed by atoms with E-state index >= 15 is 0 Å². The molecule has 0 bridgehead atoms. The fourth-order valence-corrected chi connectivity index (χ4v) is 3.58. The lowest BCUT2D eigenvalue weighted by atomic mass is 9.86. The molecule has 1 aromatic heterocycles. The van der Waals surface area contributed by atoms with Crippen LogP contribution in [-0.2, 0) is 0 Å². The van der Waals surface area contributed by atoms with E-state index in [4.69, 9.17) is 0 Å². The molecule has 2 N–H and O–H groups in total. The summed E-state index contributed by atoms with van der Waals surface area (Å²) < 4.78 is 0. The number of aromatic nitrogens is 1. The molecule has 1 heterocycles. The standard InChI is InChI=1S/C15H25N3O2S/c1-10-8-16-14(21-10)11(2)17-15(20)18(3)13-6-4-12(9-19)5-7-13/h8,11-13,19H,4-7,9H2,1-3H3,(H,17,20). The second kappa shape index (κ2) is 7.22. The minimum Gasteiger partial charge on any atom is -0.396 e. The van der Waals surface area contributed by atoms with Crippen molar-refractivity contribution in [1.82, 2.24) is 15.2 Å². The van der Waals surface area contributed by atoms with Crippen molar-refractivity contribution in [1.29, 1.82) is 0 Å². The number of aryl methyl sites for hydroxylation is 1. The van der Waals surface area contributed by atoms with E-state index < -0.39 is 0 Å². The molecule has 0 saturated heterocycles. The van der Waals surface area contributed by atoms with Gasteiger partial charge >= 0.3 is 6.03 Å². The van der Waals surface area contributed by atoms with Crippen LogP contribution in [0.2, 0.25) is 0 Å². The molecule has 1 saturated carbocycles. The first kappa shape index (κ1) is 16.2. The maximum atomic E-state index is 12.3. The molecule has 0 aliphatic heterocycles. The Morgan fingerprint density at radius 1 is 1.52 bits per heavy atom. The van der Waals surface area contributed by atoms with Crippen molar-refractivity contribution in [2.45, 2.75) is 51.6 Å². The van der Waals surface area contributed by atoms with E-state index in [-0.39, 0.29) is 24.7 Å². The van der Waals surface area contributed by atoms with Gasteiger partial charge in [-0.15, -0.1) is 11.3 Å². The van der Waals surface area contributed by atoms with Gasteiger partial charge in [0, 0.05) is 30.8 Å². The van der Waals surface area contributed by atoms with Crippen molar-refractivity contribution in [3.63, 3.8) is 0 Å².